The molecule has 0 bridgehead atoms. The number of nitrogens with zero attached hydrogens (tertiary/aromatic N) is 2. The summed E-state index contributed by atoms with van der Waals surface area (Å²) in [7, 11) is 0. The van der Waals surface area contributed by atoms with Crippen LogP contribution < -0.4 is 4.90 Å². The lowest BCUT2D eigenvalue weighted by molar-refractivity contribution is -0.137. The summed E-state index contributed by atoms with van der Waals surface area (Å²) < 4.78 is 37.9. The molecule has 8 heteroatoms. The third-order valence-electron chi connectivity index (χ3n) is 4.48. The number of hydrogen-bond donors (Lipinski definition) is 1. The van der Waals surface area contributed by atoms with Crippen molar-refractivity contribution < 1.29 is 27.9 Å². The molecule has 0 saturated carbocycles. The minimum Gasteiger partial charge on any atom is -0.478 e. The maximum Gasteiger partial charge on any atom is 0.416 e. The van der Waals surface area contributed by atoms with E-state index in [4.69, 9.17) is 5.11 Å². The summed E-state index contributed by atoms with van der Waals surface area (Å²) in [6, 6.07) is 10.8. The second kappa shape index (κ2) is 7.30. The van der Waals surface area contributed by atoms with E-state index in [1.165, 1.54) is 30.3 Å². The largest absolute Gasteiger partial charge is 0.478 e. The van der Waals surface area contributed by atoms with Crippen molar-refractivity contribution in [2.75, 3.05) is 31.1 Å². The second-order valence-corrected chi connectivity index (χ2v) is 6.21. The number of carbonyl (C=O) groups excluding carboxylic acids is 1. The van der Waals surface area contributed by atoms with Gasteiger partial charge in [-0.05, 0) is 42.5 Å². The standard InChI is InChI=1S/C19H17F3N2O3/c20-19(21,22)15-4-6-16(7-5-15)23-8-10-24(11-9-23)17(25)13-2-1-3-14(12-13)18(26)27/h1-7,12H,8-11H2,(H,26,27). The van der Waals surface area contributed by atoms with E-state index in [2.05, 4.69) is 0 Å². The second-order valence-electron chi connectivity index (χ2n) is 6.21. The van der Waals surface area contributed by atoms with E-state index in [0.717, 1.165) is 12.1 Å². The van der Waals surface area contributed by atoms with Crippen LogP contribution in [0.5, 0.6) is 0 Å². The van der Waals surface area contributed by atoms with Crippen molar-refractivity contribution in [2.24, 2.45) is 0 Å². The van der Waals surface area contributed by atoms with Crippen LogP contribution in [0, 0.1) is 0 Å². The quantitative estimate of drug-likeness (QED) is 0.890. The van der Waals surface area contributed by atoms with Crippen LogP contribution >= 0.6 is 0 Å². The molecule has 142 valence electrons. The van der Waals surface area contributed by atoms with Crippen LogP contribution in [-0.4, -0.2) is 48.1 Å². The lowest BCUT2D eigenvalue weighted by Gasteiger charge is -2.36. The molecular formula is C19H17F3N2O3. The molecule has 0 unspecified atom stereocenters. The minimum absolute atomic E-state index is 0.0456. The van der Waals surface area contributed by atoms with Crippen LogP contribution in [-0.2, 0) is 6.18 Å². The number of carboxylic acids is 1. The summed E-state index contributed by atoms with van der Waals surface area (Å²) in [5.41, 5.74) is 0.323. The fourth-order valence-corrected chi connectivity index (χ4v) is 3.00. The lowest BCUT2D eigenvalue weighted by atomic mass is 10.1. The Morgan fingerprint density at radius 1 is 0.889 bits per heavy atom. The highest BCUT2D eigenvalue weighted by Crippen LogP contribution is 2.30. The molecule has 2 aromatic carbocycles. The molecule has 3 rings (SSSR count). The van der Waals surface area contributed by atoms with Gasteiger partial charge >= 0.3 is 12.1 Å². The molecule has 1 heterocycles. The molecule has 0 aliphatic carbocycles. The summed E-state index contributed by atoms with van der Waals surface area (Å²) >= 11 is 0. The fourth-order valence-electron chi connectivity index (χ4n) is 3.00. The molecule has 1 fully saturated rings. The summed E-state index contributed by atoms with van der Waals surface area (Å²) in [6.45, 7) is 1.76. The number of rotatable bonds is 3. The maximum absolute atomic E-state index is 12.6. The Balaban J connectivity index is 1.64. The van der Waals surface area contributed by atoms with Gasteiger partial charge in [-0.15, -0.1) is 0 Å². The van der Waals surface area contributed by atoms with Crippen molar-refractivity contribution in [3.63, 3.8) is 0 Å². The molecule has 0 aromatic heterocycles. The Labute approximate surface area is 153 Å². The van der Waals surface area contributed by atoms with E-state index in [1.54, 1.807) is 11.0 Å². The van der Waals surface area contributed by atoms with Crippen LogP contribution in [0.3, 0.4) is 0 Å². The van der Waals surface area contributed by atoms with Gasteiger partial charge in [-0.1, -0.05) is 6.07 Å². The first kappa shape index (κ1) is 18.8. The van der Waals surface area contributed by atoms with E-state index < -0.39 is 17.7 Å². The van der Waals surface area contributed by atoms with Gasteiger partial charge in [0.15, 0.2) is 0 Å². The minimum atomic E-state index is -4.37. The van der Waals surface area contributed by atoms with Crippen molar-refractivity contribution >= 4 is 17.6 Å². The molecule has 0 radical (unpaired) electrons. The van der Waals surface area contributed by atoms with Gasteiger partial charge in [0, 0.05) is 37.4 Å². The molecule has 5 nitrogen and oxygen atoms in total. The highest BCUT2D eigenvalue weighted by atomic mass is 19.4. The average molecular weight is 378 g/mol. The maximum atomic E-state index is 12.6. The van der Waals surface area contributed by atoms with Crippen LogP contribution in [0.25, 0.3) is 0 Å². The van der Waals surface area contributed by atoms with Crippen molar-refractivity contribution in [2.45, 2.75) is 6.18 Å². The predicted molar refractivity (Wildman–Crippen MR) is 93.0 cm³/mol. The topological polar surface area (TPSA) is 60.9 Å². The third kappa shape index (κ3) is 4.21. The number of benzene rings is 2. The Morgan fingerprint density at radius 2 is 1.48 bits per heavy atom. The first-order valence-corrected chi connectivity index (χ1v) is 8.30. The van der Waals surface area contributed by atoms with Crippen molar-refractivity contribution in [1.82, 2.24) is 4.90 Å². The normalized spacial score (nSPS) is 14.9. The SMILES string of the molecule is O=C(O)c1cccc(C(=O)N2CCN(c3ccc(C(F)(F)F)cc3)CC2)c1. The number of amides is 1. The number of piperazine rings is 1. The number of anilines is 1. The molecule has 2 aromatic rings. The Bertz CT molecular complexity index is 842. The zero-order chi connectivity index (χ0) is 19.6. The molecular weight excluding hydrogens is 361 g/mol. The Kier molecular flexibility index (Phi) is 5.07. The number of carboxylic acid groups (broad SMARTS) is 1. The molecule has 1 aliphatic heterocycles. The zero-order valence-corrected chi connectivity index (χ0v) is 14.2. The zero-order valence-electron chi connectivity index (χ0n) is 14.2. The number of alkyl halides is 3. The van der Waals surface area contributed by atoms with E-state index in [-0.39, 0.29) is 11.5 Å². The van der Waals surface area contributed by atoms with Gasteiger partial charge in [-0.2, -0.15) is 13.2 Å². The van der Waals surface area contributed by atoms with Crippen molar-refractivity contribution in [3.05, 3.63) is 65.2 Å². The molecule has 1 aliphatic rings. The number of halogens is 3. The number of carbonyl (C=O) groups is 2. The lowest BCUT2D eigenvalue weighted by Crippen LogP contribution is -2.48. The van der Waals surface area contributed by atoms with Crippen molar-refractivity contribution in [1.29, 1.82) is 0 Å². The Hall–Kier alpha value is -3.03. The van der Waals surface area contributed by atoms with Crippen LogP contribution in [0.1, 0.15) is 26.3 Å². The van der Waals surface area contributed by atoms with Gasteiger partial charge < -0.3 is 14.9 Å². The van der Waals surface area contributed by atoms with Gasteiger partial charge in [0.05, 0.1) is 11.1 Å². The summed E-state index contributed by atoms with van der Waals surface area (Å²) in [4.78, 5) is 27.1. The molecule has 1 saturated heterocycles. The third-order valence-corrected chi connectivity index (χ3v) is 4.48. The molecule has 0 atom stereocenters. The van der Waals surface area contributed by atoms with E-state index in [9.17, 15) is 22.8 Å². The number of aromatic carboxylic acids is 1. The first-order valence-electron chi connectivity index (χ1n) is 8.30. The predicted octanol–water partition coefficient (Wildman–Crippen LogP) is 3.37. The molecule has 27 heavy (non-hydrogen) atoms. The highest BCUT2D eigenvalue weighted by molar-refractivity contribution is 5.97. The van der Waals surface area contributed by atoms with Crippen molar-refractivity contribution in [3.8, 4) is 0 Å². The van der Waals surface area contributed by atoms with Gasteiger partial charge in [0.2, 0.25) is 0 Å². The van der Waals surface area contributed by atoms with Gasteiger partial charge in [0.1, 0.15) is 0 Å². The fraction of sp³-hybridized carbons (Fsp3) is 0.263. The van der Waals surface area contributed by atoms with E-state index in [0.29, 0.717) is 37.4 Å². The molecule has 0 spiro atoms. The van der Waals surface area contributed by atoms with E-state index in [1.807, 2.05) is 4.90 Å². The smallest absolute Gasteiger partial charge is 0.416 e. The van der Waals surface area contributed by atoms with Gasteiger partial charge in [-0.25, -0.2) is 4.79 Å². The summed E-state index contributed by atoms with van der Waals surface area (Å²) in [5.74, 6) is -1.36. The average Bonchev–Trinajstić information content (AvgIpc) is 2.67. The van der Waals surface area contributed by atoms with Crippen LogP contribution in [0.4, 0.5) is 18.9 Å². The Morgan fingerprint density at radius 3 is 2.04 bits per heavy atom. The highest BCUT2D eigenvalue weighted by Gasteiger charge is 2.30. The van der Waals surface area contributed by atoms with Crippen LogP contribution in [0.2, 0.25) is 0 Å². The first-order chi connectivity index (χ1) is 12.8. The van der Waals surface area contributed by atoms with E-state index >= 15 is 0 Å². The van der Waals surface area contributed by atoms with Crippen LogP contribution in [0.15, 0.2) is 48.5 Å². The summed E-state index contributed by atoms with van der Waals surface area (Å²) in [5, 5.41) is 9.03. The molecule has 1 N–H and O–H groups in total. The molecule has 1 amide bonds. The summed E-state index contributed by atoms with van der Waals surface area (Å²) in [6.07, 6.45) is -4.37. The van der Waals surface area contributed by atoms with Gasteiger partial charge in [0.25, 0.3) is 5.91 Å². The van der Waals surface area contributed by atoms with Gasteiger partial charge in [-0.3, -0.25) is 4.79 Å². The number of hydrogen-bond acceptors (Lipinski definition) is 3. The monoisotopic (exact) mass is 378 g/mol.